The second kappa shape index (κ2) is 2.98. The fraction of sp³-hybridized carbons (Fsp3) is 1.00. The van der Waals surface area contributed by atoms with Crippen LogP contribution in [0.15, 0.2) is 0 Å². The molecule has 1 saturated heterocycles. The number of rotatable bonds is 0. The lowest BCUT2D eigenvalue weighted by Gasteiger charge is -2.30. The summed E-state index contributed by atoms with van der Waals surface area (Å²) in [6.45, 7) is 2.44. The molecule has 1 rings (SSSR count). The van der Waals surface area contributed by atoms with Crippen molar-refractivity contribution in [1.82, 2.24) is 8.23 Å². The highest BCUT2D eigenvalue weighted by molar-refractivity contribution is 14.1. The molecule has 0 aromatic carbocycles. The summed E-state index contributed by atoms with van der Waals surface area (Å²) in [6.07, 6.45) is 2.71. The molecular weight excluding hydrogens is 215 g/mol. The number of hydrogen-bond acceptors (Lipinski definition) is 2. The minimum Gasteiger partial charge on any atom is -0.236 e. The van der Waals surface area contributed by atoms with Crippen molar-refractivity contribution in [2.75, 3.05) is 20.1 Å². The molecule has 1 fully saturated rings. The van der Waals surface area contributed by atoms with Crippen LogP contribution in [-0.4, -0.2) is 28.4 Å². The van der Waals surface area contributed by atoms with Crippen molar-refractivity contribution in [3.05, 3.63) is 0 Å². The van der Waals surface area contributed by atoms with Gasteiger partial charge in [-0.2, -0.15) is 3.22 Å². The third kappa shape index (κ3) is 1.56. The Labute approximate surface area is 64.3 Å². The normalized spacial score (nSPS) is 26.2. The Kier molecular flexibility index (Phi) is 2.52. The Bertz CT molecular complexity index is 66.8. The van der Waals surface area contributed by atoms with Crippen LogP contribution in [0.1, 0.15) is 12.8 Å². The molecule has 2 nitrogen and oxygen atoms in total. The van der Waals surface area contributed by atoms with Gasteiger partial charge in [0, 0.05) is 43.0 Å². The van der Waals surface area contributed by atoms with E-state index in [9.17, 15) is 0 Å². The van der Waals surface area contributed by atoms with Gasteiger partial charge in [0.25, 0.3) is 0 Å². The zero-order valence-corrected chi connectivity index (χ0v) is 7.26. The van der Waals surface area contributed by atoms with E-state index in [-0.39, 0.29) is 0 Å². The van der Waals surface area contributed by atoms with Gasteiger partial charge >= 0.3 is 0 Å². The van der Waals surface area contributed by atoms with E-state index in [0.717, 1.165) is 0 Å². The van der Waals surface area contributed by atoms with Crippen molar-refractivity contribution in [3.8, 4) is 0 Å². The molecule has 0 spiro atoms. The van der Waals surface area contributed by atoms with Gasteiger partial charge in [0.05, 0.1) is 0 Å². The predicted octanol–water partition coefficient (Wildman–Crippen LogP) is 1.28. The van der Waals surface area contributed by atoms with Gasteiger partial charge in [-0.3, -0.25) is 0 Å². The Balaban J connectivity index is 2.28. The maximum atomic E-state index is 2.34. The Morgan fingerprint density at radius 3 is 2.25 bits per heavy atom. The van der Waals surface area contributed by atoms with Gasteiger partial charge in [0.2, 0.25) is 0 Å². The van der Waals surface area contributed by atoms with Crippen LogP contribution in [0.2, 0.25) is 0 Å². The summed E-state index contributed by atoms with van der Waals surface area (Å²) < 4.78 is 2.24. The van der Waals surface area contributed by atoms with Gasteiger partial charge < -0.3 is 0 Å². The van der Waals surface area contributed by atoms with Gasteiger partial charge in [0.15, 0.2) is 0 Å². The SMILES string of the molecule is CN1CCCCN1I. The van der Waals surface area contributed by atoms with Gasteiger partial charge in [-0.15, -0.1) is 0 Å². The van der Waals surface area contributed by atoms with E-state index in [0.29, 0.717) is 0 Å². The van der Waals surface area contributed by atoms with Crippen LogP contribution in [0.25, 0.3) is 0 Å². The second-order valence-corrected chi connectivity index (χ2v) is 3.26. The molecule has 48 valence electrons. The second-order valence-electron chi connectivity index (χ2n) is 2.15. The van der Waals surface area contributed by atoms with Gasteiger partial charge in [0.1, 0.15) is 0 Å². The summed E-state index contributed by atoms with van der Waals surface area (Å²) in [4.78, 5) is 0. The van der Waals surface area contributed by atoms with Crippen molar-refractivity contribution in [1.29, 1.82) is 0 Å². The summed E-state index contributed by atoms with van der Waals surface area (Å²) in [5.74, 6) is 0. The highest BCUT2D eigenvalue weighted by Gasteiger charge is 2.11. The third-order valence-corrected chi connectivity index (χ3v) is 2.66. The van der Waals surface area contributed by atoms with Crippen LogP contribution in [0, 0.1) is 0 Å². The van der Waals surface area contributed by atoms with Crippen LogP contribution in [0.3, 0.4) is 0 Å². The average molecular weight is 226 g/mol. The summed E-state index contributed by atoms with van der Waals surface area (Å²) in [5.41, 5.74) is 0. The standard InChI is InChI=1S/C5H11IN2/c1-7-4-2-3-5-8(7)6/h2-5H2,1H3. The molecular formula is C5H11IN2. The molecule has 8 heavy (non-hydrogen) atoms. The van der Waals surface area contributed by atoms with Crippen molar-refractivity contribution in [2.24, 2.45) is 0 Å². The van der Waals surface area contributed by atoms with Crippen molar-refractivity contribution >= 4 is 22.9 Å². The highest BCUT2D eigenvalue weighted by atomic mass is 127. The van der Waals surface area contributed by atoms with E-state index < -0.39 is 0 Å². The maximum absolute atomic E-state index is 2.34. The van der Waals surface area contributed by atoms with Crippen LogP contribution in [0.5, 0.6) is 0 Å². The lowest BCUT2D eigenvalue weighted by atomic mass is 10.3. The number of hydrazine groups is 1. The summed E-state index contributed by atoms with van der Waals surface area (Å²) >= 11 is 2.34. The first-order valence-corrected chi connectivity index (χ1v) is 3.91. The van der Waals surface area contributed by atoms with E-state index in [1.165, 1.54) is 25.9 Å². The molecule has 0 aromatic heterocycles. The molecule has 1 heterocycles. The first-order valence-electron chi connectivity index (χ1n) is 2.95. The molecule has 1 aliphatic rings. The maximum Gasteiger partial charge on any atom is 0.0369 e. The fourth-order valence-electron chi connectivity index (χ4n) is 0.862. The van der Waals surface area contributed by atoms with E-state index in [4.69, 9.17) is 0 Å². The van der Waals surface area contributed by atoms with Crippen LogP contribution >= 0.6 is 22.9 Å². The molecule has 0 amide bonds. The monoisotopic (exact) mass is 226 g/mol. The quantitative estimate of drug-likeness (QED) is 0.453. The van der Waals surface area contributed by atoms with E-state index in [1.807, 2.05) is 0 Å². The largest absolute Gasteiger partial charge is 0.236 e. The van der Waals surface area contributed by atoms with Crippen LogP contribution < -0.4 is 0 Å². The summed E-state index contributed by atoms with van der Waals surface area (Å²) in [6, 6.07) is 0. The lowest BCUT2D eigenvalue weighted by molar-refractivity contribution is 0.0930. The van der Waals surface area contributed by atoms with Crippen LogP contribution in [0.4, 0.5) is 0 Å². The average Bonchev–Trinajstić information content (AvgIpc) is 1.77. The topological polar surface area (TPSA) is 6.48 Å². The lowest BCUT2D eigenvalue weighted by Crippen LogP contribution is -2.37. The molecule has 0 N–H and O–H groups in total. The fourth-order valence-corrected chi connectivity index (χ4v) is 1.42. The van der Waals surface area contributed by atoms with E-state index >= 15 is 0 Å². The van der Waals surface area contributed by atoms with Gasteiger partial charge in [-0.25, -0.2) is 5.01 Å². The molecule has 0 radical (unpaired) electrons. The predicted molar refractivity (Wildman–Crippen MR) is 42.6 cm³/mol. The molecule has 3 heteroatoms. The Morgan fingerprint density at radius 2 is 1.88 bits per heavy atom. The van der Waals surface area contributed by atoms with Crippen LogP contribution in [-0.2, 0) is 0 Å². The van der Waals surface area contributed by atoms with Gasteiger partial charge in [-0.1, -0.05) is 0 Å². The first-order chi connectivity index (χ1) is 3.80. The molecule has 0 aromatic rings. The van der Waals surface area contributed by atoms with Gasteiger partial charge in [-0.05, 0) is 12.8 Å². The zero-order valence-electron chi connectivity index (χ0n) is 5.10. The van der Waals surface area contributed by atoms with E-state index in [2.05, 4.69) is 38.1 Å². The van der Waals surface area contributed by atoms with Crippen molar-refractivity contribution in [2.45, 2.75) is 12.8 Å². The third-order valence-electron chi connectivity index (χ3n) is 1.44. The molecule has 1 aliphatic heterocycles. The number of nitrogens with zero attached hydrogens (tertiary/aromatic N) is 2. The molecule has 0 unspecified atom stereocenters. The van der Waals surface area contributed by atoms with E-state index in [1.54, 1.807) is 0 Å². The molecule has 0 saturated carbocycles. The Morgan fingerprint density at radius 1 is 1.25 bits per heavy atom. The first kappa shape index (κ1) is 6.77. The molecule has 0 bridgehead atoms. The Hall–Kier alpha value is 0.650. The summed E-state index contributed by atoms with van der Waals surface area (Å²) in [5, 5.41) is 2.25. The smallest absolute Gasteiger partial charge is 0.0369 e. The minimum atomic E-state index is 1.22. The molecule has 0 atom stereocenters. The highest BCUT2D eigenvalue weighted by Crippen LogP contribution is 2.11. The van der Waals surface area contributed by atoms with Crippen molar-refractivity contribution in [3.63, 3.8) is 0 Å². The molecule has 0 aliphatic carbocycles. The number of hydrogen-bond donors (Lipinski definition) is 0. The minimum absolute atomic E-state index is 1.22. The summed E-state index contributed by atoms with van der Waals surface area (Å²) in [7, 11) is 2.13. The van der Waals surface area contributed by atoms with Crippen molar-refractivity contribution < 1.29 is 0 Å². The number of halogens is 1. The zero-order chi connectivity index (χ0) is 5.98.